The van der Waals surface area contributed by atoms with Gasteiger partial charge in [0.2, 0.25) is 5.95 Å². The Kier molecular flexibility index (Phi) is 6.08. The standard InChI is InChI=1S/C21H22N8O2/c1-13(14-3-5-15(6-4-14)16-9-26-21(22)27-10-16)19-28-20(31-29-19)17-11-25-18(12-24-17)23-7-8-30-2/h3-6,9-13H,7-8H2,1-2H3,(H,23,25)(H2,22,26,27). The number of anilines is 2. The van der Waals surface area contributed by atoms with Gasteiger partial charge in [-0.25, -0.2) is 19.9 Å². The zero-order valence-corrected chi connectivity index (χ0v) is 17.2. The van der Waals surface area contributed by atoms with Gasteiger partial charge in [-0.3, -0.25) is 0 Å². The van der Waals surface area contributed by atoms with Crippen molar-refractivity contribution in [1.82, 2.24) is 30.1 Å². The Morgan fingerprint density at radius 3 is 2.45 bits per heavy atom. The smallest absolute Gasteiger partial charge is 0.278 e. The first-order valence-electron chi connectivity index (χ1n) is 9.70. The Labute approximate surface area is 178 Å². The number of nitrogen functional groups attached to an aromatic ring is 1. The van der Waals surface area contributed by atoms with E-state index in [0.717, 1.165) is 16.7 Å². The van der Waals surface area contributed by atoms with Gasteiger partial charge in [-0.1, -0.05) is 36.3 Å². The van der Waals surface area contributed by atoms with Crippen LogP contribution in [0.3, 0.4) is 0 Å². The molecule has 31 heavy (non-hydrogen) atoms. The molecule has 0 aliphatic carbocycles. The second-order valence-corrected chi connectivity index (χ2v) is 6.84. The van der Waals surface area contributed by atoms with Gasteiger partial charge in [0.1, 0.15) is 11.5 Å². The largest absolute Gasteiger partial charge is 0.383 e. The van der Waals surface area contributed by atoms with Gasteiger partial charge in [-0.2, -0.15) is 4.98 Å². The minimum Gasteiger partial charge on any atom is -0.383 e. The second kappa shape index (κ2) is 9.26. The molecule has 10 heteroatoms. The summed E-state index contributed by atoms with van der Waals surface area (Å²) in [5.41, 5.74) is 9.01. The van der Waals surface area contributed by atoms with Crippen molar-refractivity contribution < 1.29 is 9.26 Å². The van der Waals surface area contributed by atoms with Gasteiger partial charge in [0.05, 0.1) is 19.0 Å². The highest BCUT2D eigenvalue weighted by molar-refractivity contribution is 5.62. The molecule has 3 N–H and O–H groups in total. The highest BCUT2D eigenvalue weighted by atomic mass is 16.5. The third-order valence-corrected chi connectivity index (χ3v) is 4.73. The van der Waals surface area contributed by atoms with E-state index in [1.165, 1.54) is 0 Å². The molecule has 158 valence electrons. The normalized spacial score (nSPS) is 11.9. The van der Waals surface area contributed by atoms with Crippen LogP contribution in [0.4, 0.5) is 11.8 Å². The summed E-state index contributed by atoms with van der Waals surface area (Å²) in [6.07, 6.45) is 6.62. The topological polar surface area (TPSA) is 138 Å². The molecule has 0 spiro atoms. The molecular formula is C21H22N8O2. The van der Waals surface area contributed by atoms with Crippen LogP contribution < -0.4 is 11.1 Å². The van der Waals surface area contributed by atoms with Crippen molar-refractivity contribution in [3.05, 3.63) is 60.4 Å². The molecule has 1 aromatic carbocycles. The zero-order chi connectivity index (χ0) is 21.6. The van der Waals surface area contributed by atoms with E-state index in [9.17, 15) is 0 Å². The van der Waals surface area contributed by atoms with Crippen LogP contribution >= 0.6 is 0 Å². The van der Waals surface area contributed by atoms with Crippen LogP contribution in [0.25, 0.3) is 22.7 Å². The first-order chi connectivity index (χ1) is 15.1. The molecule has 10 nitrogen and oxygen atoms in total. The number of ether oxygens (including phenoxy) is 1. The lowest BCUT2D eigenvalue weighted by atomic mass is 9.98. The summed E-state index contributed by atoms with van der Waals surface area (Å²) in [5, 5.41) is 7.23. The average Bonchev–Trinajstić information content (AvgIpc) is 3.30. The maximum Gasteiger partial charge on any atom is 0.278 e. The van der Waals surface area contributed by atoms with E-state index in [-0.39, 0.29) is 11.9 Å². The average molecular weight is 418 g/mol. The van der Waals surface area contributed by atoms with Crippen LogP contribution in [0.15, 0.2) is 53.6 Å². The summed E-state index contributed by atoms with van der Waals surface area (Å²) in [4.78, 5) is 21.2. The van der Waals surface area contributed by atoms with Crippen molar-refractivity contribution in [3.63, 3.8) is 0 Å². The molecule has 0 aliphatic heterocycles. The lowest BCUT2D eigenvalue weighted by molar-refractivity contribution is 0.210. The maximum atomic E-state index is 5.55. The van der Waals surface area contributed by atoms with E-state index in [1.54, 1.807) is 31.9 Å². The molecule has 0 amide bonds. The van der Waals surface area contributed by atoms with E-state index >= 15 is 0 Å². The van der Waals surface area contributed by atoms with Crippen molar-refractivity contribution in [2.45, 2.75) is 12.8 Å². The molecule has 0 aliphatic rings. The molecule has 0 radical (unpaired) electrons. The minimum atomic E-state index is -0.0582. The van der Waals surface area contributed by atoms with Crippen molar-refractivity contribution in [2.75, 3.05) is 31.3 Å². The fourth-order valence-corrected chi connectivity index (χ4v) is 2.93. The first kappa shape index (κ1) is 20.4. The lowest BCUT2D eigenvalue weighted by Gasteiger charge is -2.08. The molecule has 1 unspecified atom stereocenters. The van der Waals surface area contributed by atoms with Crippen LogP contribution in [0.5, 0.6) is 0 Å². The molecule has 1 atom stereocenters. The maximum absolute atomic E-state index is 5.55. The molecule has 0 bridgehead atoms. The van der Waals surface area contributed by atoms with Gasteiger partial charge in [0.15, 0.2) is 5.82 Å². The summed E-state index contributed by atoms with van der Waals surface area (Å²) in [7, 11) is 1.65. The van der Waals surface area contributed by atoms with E-state index in [4.69, 9.17) is 15.0 Å². The third-order valence-electron chi connectivity index (χ3n) is 4.73. The highest BCUT2D eigenvalue weighted by Crippen LogP contribution is 2.26. The van der Waals surface area contributed by atoms with E-state index in [2.05, 4.69) is 35.4 Å². The SMILES string of the molecule is COCCNc1cnc(-c2nc(C(C)c3ccc(-c4cnc(N)nc4)cc3)no2)cn1. The van der Waals surface area contributed by atoms with Crippen molar-refractivity contribution >= 4 is 11.8 Å². The summed E-state index contributed by atoms with van der Waals surface area (Å²) in [6, 6.07) is 8.05. The van der Waals surface area contributed by atoms with Crippen LogP contribution in [-0.4, -0.2) is 50.3 Å². The van der Waals surface area contributed by atoms with Crippen LogP contribution in [0, 0.1) is 0 Å². The lowest BCUT2D eigenvalue weighted by Crippen LogP contribution is -2.09. The van der Waals surface area contributed by atoms with Gasteiger partial charge in [-0.15, -0.1) is 0 Å². The van der Waals surface area contributed by atoms with Crippen molar-refractivity contribution in [2.24, 2.45) is 0 Å². The van der Waals surface area contributed by atoms with Gasteiger partial charge >= 0.3 is 0 Å². The summed E-state index contributed by atoms with van der Waals surface area (Å²) < 4.78 is 10.4. The van der Waals surface area contributed by atoms with Crippen molar-refractivity contribution in [1.29, 1.82) is 0 Å². The monoisotopic (exact) mass is 418 g/mol. The van der Waals surface area contributed by atoms with Gasteiger partial charge < -0.3 is 20.3 Å². The van der Waals surface area contributed by atoms with Crippen LogP contribution in [0.2, 0.25) is 0 Å². The minimum absolute atomic E-state index is 0.0582. The number of nitrogens with zero attached hydrogens (tertiary/aromatic N) is 6. The number of nitrogens with two attached hydrogens (primary N) is 1. The Bertz CT molecular complexity index is 1110. The highest BCUT2D eigenvalue weighted by Gasteiger charge is 2.18. The molecule has 0 saturated carbocycles. The number of nitrogens with one attached hydrogen (secondary N) is 1. The number of aromatic nitrogens is 6. The molecule has 4 rings (SSSR count). The number of hydrogen-bond donors (Lipinski definition) is 2. The summed E-state index contributed by atoms with van der Waals surface area (Å²) in [6.45, 7) is 3.25. The predicted molar refractivity (Wildman–Crippen MR) is 115 cm³/mol. The molecule has 0 saturated heterocycles. The second-order valence-electron chi connectivity index (χ2n) is 6.84. The molecule has 3 heterocycles. The quantitative estimate of drug-likeness (QED) is 0.411. The van der Waals surface area contributed by atoms with Gasteiger partial charge in [-0.05, 0) is 11.1 Å². The Morgan fingerprint density at radius 2 is 1.77 bits per heavy atom. The van der Waals surface area contributed by atoms with Gasteiger partial charge in [0.25, 0.3) is 5.89 Å². The Balaban J connectivity index is 1.45. The number of methoxy groups -OCH3 is 1. The van der Waals surface area contributed by atoms with Crippen LogP contribution in [0.1, 0.15) is 24.2 Å². The summed E-state index contributed by atoms with van der Waals surface area (Å²) >= 11 is 0. The zero-order valence-electron chi connectivity index (χ0n) is 17.2. The van der Waals surface area contributed by atoms with Crippen molar-refractivity contribution in [3.8, 4) is 22.7 Å². The van der Waals surface area contributed by atoms with Gasteiger partial charge in [0, 0.05) is 37.5 Å². The molecule has 0 fully saturated rings. The molecule has 4 aromatic rings. The number of hydrogen-bond acceptors (Lipinski definition) is 10. The van der Waals surface area contributed by atoms with Crippen LogP contribution in [-0.2, 0) is 4.74 Å². The fourth-order valence-electron chi connectivity index (χ4n) is 2.93. The van der Waals surface area contributed by atoms with E-state index in [0.29, 0.717) is 36.4 Å². The Morgan fingerprint density at radius 1 is 1.00 bits per heavy atom. The summed E-state index contributed by atoms with van der Waals surface area (Å²) in [5.74, 6) is 1.75. The molecular weight excluding hydrogens is 396 g/mol. The third kappa shape index (κ3) is 4.81. The van der Waals surface area contributed by atoms with E-state index in [1.807, 2.05) is 31.2 Å². The first-order valence-corrected chi connectivity index (χ1v) is 9.70. The number of benzene rings is 1. The molecule has 3 aromatic heterocycles. The number of rotatable bonds is 8. The van der Waals surface area contributed by atoms with E-state index < -0.39 is 0 Å². The fraction of sp³-hybridized carbons (Fsp3) is 0.238. The predicted octanol–water partition coefficient (Wildman–Crippen LogP) is 2.78. The Hall–Kier alpha value is -3.92.